The maximum Gasteiger partial charge on any atom is 0.338 e. The summed E-state index contributed by atoms with van der Waals surface area (Å²) in [6.45, 7) is 0. The van der Waals surface area contributed by atoms with Gasteiger partial charge in [-0.1, -0.05) is 42.5 Å². The van der Waals surface area contributed by atoms with Crippen molar-refractivity contribution >= 4 is 12.0 Å². The van der Waals surface area contributed by atoms with Crippen LogP contribution in [0.2, 0.25) is 0 Å². The van der Waals surface area contributed by atoms with Crippen LogP contribution in [0.25, 0.3) is 6.08 Å². The average molecular weight is 264 g/mol. The predicted molar refractivity (Wildman–Crippen MR) is 68.2 cm³/mol. The predicted octanol–water partition coefficient (Wildman–Crippen LogP) is 0.362. The van der Waals surface area contributed by atoms with Crippen LogP contribution >= 0.6 is 0 Å². The molecule has 2 N–H and O–H groups in total. The molecule has 0 spiro atoms. The van der Waals surface area contributed by atoms with Crippen molar-refractivity contribution in [3.05, 3.63) is 42.0 Å². The number of cyclic esters (lactones) is 1. The minimum atomic E-state index is -1.17. The highest BCUT2D eigenvalue weighted by molar-refractivity contribution is 5.78. The second-order valence-electron chi connectivity index (χ2n) is 4.31. The summed E-state index contributed by atoms with van der Waals surface area (Å²) < 4.78 is 9.73. The summed E-state index contributed by atoms with van der Waals surface area (Å²) in [6.07, 6.45) is -1.12. The molecule has 1 aromatic carbocycles. The molecule has 4 atom stereocenters. The van der Waals surface area contributed by atoms with Crippen molar-refractivity contribution in [2.75, 3.05) is 7.11 Å². The van der Waals surface area contributed by atoms with E-state index in [9.17, 15) is 15.0 Å². The molecule has 1 aliphatic rings. The summed E-state index contributed by atoms with van der Waals surface area (Å²) in [5.74, 6) is -0.660. The van der Waals surface area contributed by atoms with Crippen LogP contribution in [0, 0.1) is 0 Å². The van der Waals surface area contributed by atoms with E-state index in [4.69, 9.17) is 9.47 Å². The van der Waals surface area contributed by atoms with E-state index in [-0.39, 0.29) is 0 Å². The Kier molecular flexibility index (Phi) is 4.31. The molecule has 102 valence electrons. The number of benzene rings is 1. The zero-order chi connectivity index (χ0) is 13.8. The summed E-state index contributed by atoms with van der Waals surface area (Å²) in [4.78, 5) is 11.4. The molecule has 0 aromatic heterocycles. The second kappa shape index (κ2) is 5.97. The maximum absolute atomic E-state index is 11.4. The largest absolute Gasteiger partial charge is 0.454 e. The standard InChI is InChI=1S/C14H16O5/c1-18-13-11(16)12(19-14(13)17)10(15)8-7-9-5-3-2-4-6-9/h2-8,10-13,15-16H,1H3/b8-7+/t10-,11-,12+,13-/m1/s1. The van der Waals surface area contributed by atoms with Crippen molar-refractivity contribution in [2.24, 2.45) is 0 Å². The highest BCUT2D eigenvalue weighted by Gasteiger charge is 2.46. The van der Waals surface area contributed by atoms with Crippen molar-refractivity contribution in [1.82, 2.24) is 0 Å². The van der Waals surface area contributed by atoms with E-state index in [2.05, 4.69) is 0 Å². The smallest absolute Gasteiger partial charge is 0.338 e. The first-order chi connectivity index (χ1) is 9.13. The Morgan fingerprint density at radius 2 is 2.05 bits per heavy atom. The molecule has 0 saturated carbocycles. The second-order valence-corrected chi connectivity index (χ2v) is 4.31. The van der Waals surface area contributed by atoms with Gasteiger partial charge in [-0.15, -0.1) is 0 Å². The molecule has 5 heteroatoms. The number of rotatable bonds is 4. The zero-order valence-corrected chi connectivity index (χ0v) is 10.5. The lowest BCUT2D eigenvalue weighted by atomic mass is 10.0. The molecule has 0 unspecified atom stereocenters. The van der Waals surface area contributed by atoms with Crippen LogP contribution in [0.5, 0.6) is 0 Å². The van der Waals surface area contributed by atoms with Crippen molar-refractivity contribution in [2.45, 2.75) is 24.4 Å². The van der Waals surface area contributed by atoms with E-state index in [0.717, 1.165) is 5.56 Å². The molecule has 0 bridgehead atoms. The third-order valence-corrected chi connectivity index (χ3v) is 3.01. The summed E-state index contributed by atoms with van der Waals surface area (Å²) in [5.41, 5.74) is 0.906. The van der Waals surface area contributed by atoms with Gasteiger partial charge in [-0.05, 0) is 5.56 Å². The van der Waals surface area contributed by atoms with E-state index in [1.807, 2.05) is 30.3 Å². The molecule has 1 aliphatic heterocycles. The van der Waals surface area contributed by atoms with Crippen molar-refractivity contribution in [3.63, 3.8) is 0 Å². The molecule has 1 aromatic rings. The van der Waals surface area contributed by atoms with E-state index >= 15 is 0 Å². The van der Waals surface area contributed by atoms with Gasteiger partial charge in [0, 0.05) is 7.11 Å². The van der Waals surface area contributed by atoms with Crippen LogP contribution in [0.1, 0.15) is 5.56 Å². The normalized spacial score (nSPS) is 28.6. The minimum absolute atomic E-state index is 0.660. The lowest BCUT2D eigenvalue weighted by Gasteiger charge is -2.17. The number of aliphatic hydroxyl groups is 2. The van der Waals surface area contributed by atoms with Crippen LogP contribution in [-0.4, -0.2) is 47.7 Å². The molecule has 5 nitrogen and oxygen atoms in total. The first kappa shape index (κ1) is 13.7. The lowest BCUT2D eigenvalue weighted by Crippen LogP contribution is -2.38. The number of esters is 1. The van der Waals surface area contributed by atoms with Gasteiger partial charge in [-0.3, -0.25) is 0 Å². The van der Waals surface area contributed by atoms with Crippen molar-refractivity contribution < 1.29 is 24.5 Å². The molecule has 0 aliphatic carbocycles. The molecule has 19 heavy (non-hydrogen) atoms. The van der Waals surface area contributed by atoms with E-state index < -0.39 is 30.4 Å². The molecular weight excluding hydrogens is 248 g/mol. The number of hydrogen-bond donors (Lipinski definition) is 2. The molecule has 0 radical (unpaired) electrons. The van der Waals surface area contributed by atoms with Crippen molar-refractivity contribution in [3.8, 4) is 0 Å². The quantitative estimate of drug-likeness (QED) is 0.768. The Labute approximate surface area is 111 Å². The number of aliphatic hydroxyl groups excluding tert-OH is 2. The number of hydrogen-bond acceptors (Lipinski definition) is 5. The minimum Gasteiger partial charge on any atom is -0.454 e. The number of carbonyl (C=O) groups is 1. The van der Waals surface area contributed by atoms with Gasteiger partial charge < -0.3 is 19.7 Å². The molecule has 1 heterocycles. The highest BCUT2D eigenvalue weighted by Crippen LogP contribution is 2.22. The Morgan fingerprint density at radius 1 is 1.37 bits per heavy atom. The lowest BCUT2D eigenvalue weighted by molar-refractivity contribution is -0.150. The van der Waals surface area contributed by atoms with E-state index in [1.165, 1.54) is 13.2 Å². The third kappa shape index (κ3) is 3.01. The van der Waals surface area contributed by atoms with Crippen LogP contribution in [0.4, 0.5) is 0 Å². The summed E-state index contributed by atoms with van der Waals surface area (Å²) in [7, 11) is 1.31. The number of carbonyl (C=O) groups excluding carboxylic acids is 1. The van der Waals surface area contributed by atoms with Crippen LogP contribution < -0.4 is 0 Å². The highest BCUT2D eigenvalue weighted by atomic mass is 16.6. The Bertz CT molecular complexity index is 456. The SMILES string of the molecule is CO[C@H]1C(=O)O[C@@H]([C@H](O)/C=C/c2ccccc2)[C@H]1O. The first-order valence-electron chi connectivity index (χ1n) is 5.96. The molecule has 1 saturated heterocycles. The van der Waals surface area contributed by atoms with Gasteiger partial charge in [-0.25, -0.2) is 4.79 Å². The molecular formula is C14H16O5. The third-order valence-electron chi connectivity index (χ3n) is 3.01. The fourth-order valence-corrected chi connectivity index (χ4v) is 1.97. The fourth-order valence-electron chi connectivity index (χ4n) is 1.97. The van der Waals surface area contributed by atoms with E-state index in [0.29, 0.717) is 0 Å². The number of methoxy groups -OCH3 is 1. The van der Waals surface area contributed by atoms with Crippen LogP contribution in [0.15, 0.2) is 36.4 Å². The fraction of sp³-hybridized carbons (Fsp3) is 0.357. The Morgan fingerprint density at radius 3 is 2.63 bits per heavy atom. The maximum atomic E-state index is 11.4. The van der Waals surface area contributed by atoms with Crippen LogP contribution in [0.3, 0.4) is 0 Å². The van der Waals surface area contributed by atoms with Gasteiger partial charge in [0.1, 0.15) is 12.2 Å². The molecule has 0 amide bonds. The van der Waals surface area contributed by atoms with Gasteiger partial charge >= 0.3 is 5.97 Å². The monoisotopic (exact) mass is 264 g/mol. The van der Waals surface area contributed by atoms with Crippen molar-refractivity contribution in [1.29, 1.82) is 0 Å². The van der Waals surface area contributed by atoms with Gasteiger partial charge in [0.15, 0.2) is 12.2 Å². The molecule has 1 fully saturated rings. The number of ether oxygens (including phenoxy) is 2. The zero-order valence-electron chi connectivity index (χ0n) is 10.5. The van der Waals surface area contributed by atoms with Gasteiger partial charge in [0.2, 0.25) is 0 Å². The Hall–Kier alpha value is -1.69. The van der Waals surface area contributed by atoms with Crippen LogP contribution in [-0.2, 0) is 14.3 Å². The van der Waals surface area contributed by atoms with Gasteiger partial charge in [0.25, 0.3) is 0 Å². The summed E-state index contributed by atoms with van der Waals surface area (Å²) >= 11 is 0. The van der Waals surface area contributed by atoms with Gasteiger partial charge in [0.05, 0.1) is 0 Å². The topological polar surface area (TPSA) is 76.0 Å². The van der Waals surface area contributed by atoms with E-state index in [1.54, 1.807) is 6.08 Å². The summed E-state index contributed by atoms with van der Waals surface area (Å²) in [5, 5.41) is 19.8. The van der Waals surface area contributed by atoms with Gasteiger partial charge in [-0.2, -0.15) is 0 Å². The first-order valence-corrected chi connectivity index (χ1v) is 5.96. The Balaban J connectivity index is 2.03. The molecule has 2 rings (SSSR count). The average Bonchev–Trinajstić information content (AvgIpc) is 2.72. The summed E-state index contributed by atoms with van der Waals surface area (Å²) in [6, 6.07) is 9.38.